The van der Waals surface area contributed by atoms with Gasteiger partial charge in [0.2, 0.25) is 0 Å². The Morgan fingerprint density at radius 1 is 1.08 bits per heavy atom. The van der Waals surface area contributed by atoms with Crippen molar-refractivity contribution >= 4 is 40.4 Å². The van der Waals surface area contributed by atoms with Crippen molar-refractivity contribution in [2.75, 3.05) is 19.0 Å². The molecule has 2 aromatic carbocycles. The van der Waals surface area contributed by atoms with E-state index < -0.39 is 12.0 Å². The zero-order chi connectivity index (χ0) is 25.2. The molecule has 3 heterocycles. The van der Waals surface area contributed by atoms with E-state index >= 15 is 0 Å². The lowest BCUT2D eigenvalue weighted by Crippen LogP contribution is -2.39. The number of benzene rings is 2. The molecule has 1 atom stereocenters. The molecule has 0 fully saturated rings. The number of thiophene rings is 1. The number of hydrogen-bond acceptors (Lipinski definition) is 7. The molecule has 1 aliphatic heterocycles. The number of fused-ring (bicyclic) bond motifs is 1. The third kappa shape index (κ3) is 4.69. The summed E-state index contributed by atoms with van der Waals surface area (Å²) in [5.41, 5.74) is 3.69. The topological polar surface area (TPSA) is 63.9 Å². The molecule has 8 heteroatoms. The molecule has 0 saturated carbocycles. The van der Waals surface area contributed by atoms with Gasteiger partial charge in [-0.2, -0.15) is 0 Å². The Kier molecular flexibility index (Phi) is 6.71. The molecule has 182 valence electrons. The van der Waals surface area contributed by atoms with Gasteiger partial charge in [0.25, 0.3) is 5.56 Å². The molecular weight excluding hydrogens is 490 g/mol. The first-order valence-corrected chi connectivity index (χ1v) is 13.2. The highest BCUT2D eigenvalue weighted by Crippen LogP contribution is 2.33. The summed E-state index contributed by atoms with van der Waals surface area (Å²) in [6, 6.07) is 20.8. The van der Waals surface area contributed by atoms with Crippen molar-refractivity contribution in [3.05, 3.63) is 119 Å². The Balaban J connectivity index is 1.55. The Labute approximate surface area is 216 Å². The SMILES string of the molecule is CC1=C(C(=O)OCc2ccccc2)[C@@H](c2cccs2)n2c(s/c(=C/c3ccc(N(C)C)cc3)c2=O)=N1. The van der Waals surface area contributed by atoms with Crippen LogP contribution in [0.1, 0.15) is 29.0 Å². The lowest BCUT2D eigenvalue weighted by atomic mass is 10.0. The average molecular weight is 516 g/mol. The first-order chi connectivity index (χ1) is 17.4. The summed E-state index contributed by atoms with van der Waals surface area (Å²) in [6.45, 7) is 1.96. The molecule has 0 spiro atoms. The second-order valence-corrected chi connectivity index (χ2v) is 10.6. The number of ether oxygens (including phenoxy) is 1. The van der Waals surface area contributed by atoms with Crippen LogP contribution < -0.4 is 19.8 Å². The van der Waals surface area contributed by atoms with Crippen LogP contribution in [-0.4, -0.2) is 24.6 Å². The highest BCUT2D eigenvalue weighted by atomic mass is 32.1. The van der Waals surface area contributed by atoms with Gasteiger partial charge in [0.05, 0.1) is 15.8 Å². The Bertz CT molecular complexity index is 1600. The van der Waals surface area contributed by atoms with Gasteiger partial charge >= 0.3 is 5.97 Å². The number of hydrogen-bond donors (Lipinski definition) is 0. The van der Waals surface area contributed by atoms with Gasteiger partial charge in [0, 0.05) is 24.7 Å². The number of carbonyl (C=O) groups excluding carboxylic acids is 1. The molecule has 0 amide bonds. The lowest BCUT2D eigenvalue weighted by molar-refractivity contribution is -0.140. The molecular formula is C28H25N3O3S2. The van der Waals surface area contributed by atoms with Crippen LogP contribution in [0.25, 0.3) is 6.08 Å². The Hall–Kier alpha value is -3.75. The number of esters is 1. The highest BCUT2D eigenvalue weighted by molar-refractivity contribution is 7.10. The van der Waals surface area contributed by atoms with E-state index in [0.29, 0.717) is 20.6 Å². The van der Waals surface area contributed by atoms with E-state index in [-0.39, 0.29) is 12.2 Å². The molecule has 0 radical (unpaired) electrons. The number of thiazole rings is 1. The third-order valence-electron chi connectivity index (χ3n) is 5.97. The molecule has 6 nitrogen and oxygen atoms in total. The zero-order valence-electron chi connectivity index (χ0n) is 20.2. The molecule has 4 aromatic rings. The highest BCUT2D eigenvalue weighted by Gasteiger charge is 2.34. The van der Waals surface area contributed by atoms with Crippen molar-refractivity contribution in [2.24, 2.45) is 4.99 Å². The summed E-state index contributed by atoms with van der Waals surface area (Å²) >= 11 is 2.84. The van der Waals surface area contributed by atoms with Crippen molar-refractivity contribution in [1.82, 2.24) is 4.57 Å². The summed E-state index contributed by atoms with van der Waals surface area (Å²) in [5.74, 6) is -0.466. The van der Waals surface area contributed by atoms with Gasteiger partial charge in [-0.1, -0.05) is 59.9 Å². The number of carbonyl (C=O) groups is 1. The second-order valence-electron chi connectivity index (χ2n) is 8.64. The monoisotopic (exact) mass is 515 g/mol. The maximum atomic E-state index is 13.7. The average Bonchev–Trinajstić information content (AvgIpc) is 3.51. The van der Waals surface area contributed by atoms with Gasteiger partial charge in [-0.25, -0.2) is 9.79 Å². The van der Waals surface area contributed by atoms with Gasteiger partial charge in [0.15, 0.2) is 4.80 Å². The number of anilines is 1. The van der Waals surface area contributed by atoms with Crippen LogP contribution in [0.3, 0.4) is 0 Å². The minimum Gasteiger partial charge on any atom is -0.457 e. The summed E-state index contributed by atoms with van der Waals surface area (Å²) < 4.78 is 7.87. The number of allylic oxidation sites excluding steroid dienone is 1. The summed E-state index contributed by atoms with van der Waals surface area (Å²) in [5, 5.41) is 1.94. The predicted molar refractivity (Wildman–Crippen MR) is 145 cm³/mol. The van der Waals surface area contributed by atoms with E-state index in [2.05, 4.69) is 4.99 Å². The van der Waals surface area contributed by atoms with E-state index in [1.165, 1.54) is 22.7 Å². The molecule has 0 saturated heterocycles. The molecule has 2 aromatic heterocycles. The number of rotatable bonds is 6. The number of nitrogens with zero attached hydrogens (tertiary/aromatic N) is 3. The molecule has 36 heavy (non-hydrogen) atoms. The minimum absolute atomic E-state index is 0.154. The fourth-order valence-corrected chi connectivity index (χ4v) is 5.99. The molecule has 0 aliphatic carbocycles. The predicted octanol–water partition coefficient (Wildman–Crippen LogP) is 4.11. The van der Waals surface area contributed by atoms with E-state index in [1.54, 1.807) is 11.5 Å². The number of aromatic nitrogens is 1. The van der Waals surface area contributed by atoms with E-state index in [4.69, 9.17) is 4.74 Å². The van der Waals surface area contributed by atoms with Crippen molar-refractivity contribution in [2.45, 2.75) is 19.6 Å². The largest absolute Gasteiger partial charge is 0.457 e. The van der Waals surface area contributed by atoms with Gasteiger partial charge in [-0.3, -0.25) is 9.36 Å². The fraction of sp³-hybridized carbons (Fsp3) is 0.179. The van der Waals surface area contributed by atoms with Crippen molar-refractivity contribution in [3.63, 3.8) is 0 Å². The quantitative estimate of drug-likeness (QED) is 0.363. The van der Waals surface area contributed by atoms with E-state index in [1.807, 2.05) is 97.2 Å². The van der Waals surface area contributed by atoms with Crippen LogP contribution in [0.15, 0.2) is 93.2 Å². The van der Waals surface area contributed by atoms with Gasteiger partial charge in [-0.05, 0) is 47.7 Å². The van der Waals surface area contributed by atoms with Crippen molar-refractivity contribution in [1.29, 1.82) is 0 Å². The van der Waals surface area contributed by atoms with Gasteiger partial charge < -0.3 is 9.64 Å². The first kappa shape index (κ1) is 24.0. The standard InChI is InChI=1S/C28H25N3O3S2/c1-18-24(27(33)34-17-20-8-5-4-6-9-20)25(22-10-7-15-35-22)31-26(32)23(36-28(31)29-18)16-19-11-13-21(14-12-19)30(2)3/h4-16,25H,17H2,1-3H3/b23-16+/t25-/m1/s1. The Morgan fingerprint density at radius 3 is 2.50 bits per heavy atom. The third-order valence-corrected chi connectivity index (χ3v) is 7.88. The second kappa shape index (κ2) is 10.1. The molecule has 1 aliphatic rings. The van der Waals surface area contributed by atoms with Crippen LogP contribution in [-0.2, 0) is 16.1 Å². The van der Waals surface area contributed by atoms with Crippen LogP contribution in [0.2, 0.25) is 0 Å². The van der Waals surface area contributed by atoms with Crippen LogP contribution in [0.4, 0.5) is 5.69 Å². The molecule has 0 unspecified atom stereocenters. The minimum atomic E-state index is -0.581. The lowest BCUT2D eigenvalue weighted by Gasteiger charge is -2.23. The smallest absolute Gasteiger partial charge is 0.338 e. The van der Waals surface area contributed by atoms with Crippen LogP contribution in [0.5, 0.6) is 0 Å². The van der Waals surface area contributed by atoms with Crippen molar-refractivity contribution < 1.29 is 9.53 Å². The zero-order valence-corrected chi connectivity index (χ0v) is 21.8. The van der Waals surface area contributed by atoms with Crippen molar-refractivity contribution in [3.8, 4) is 0 Å². The maximum Gasteiger partial charge on any atom is 0.338 e. The molecule has 0 bridgehead atoms. The summed E-state index contributed by atoms with van der Waals surface area (Å²) in [4.78, 5) is 35.1. The van der Waals surface area contributed by atoms with E-state index in [0.717, 1.165) is 21.7 Å². The fourth-order valence-electron chi connectivity index (χ4n) is 4.12. The van der Waals surface area contributed by atoms with E-state index in [9.17, 15) is 9.59 Å². The Morgan fingerprint density at radius 2 is 1.83 bits per heavy atom. The summed E-state index contributed by atoms with van der Waals surface area (Å²) in [6.07, 6.45) is 1.88. The molecule has 5 rings (SSSR count). The van der Waals surface area contributed by atoms with Gasteiger partial charge in [-0.15, -0.1) is 11.3 Å². The first-order valence-electron chi connectivity index (χ1n) is 11.5. The maximum absolute atomic E-state index is 13.7. The van der Waals surface area contributed by atoms with Crippen LogP contribution >= 0.6 is 22.7 Å². The van der Waals surface area contributed by atoms with Crippen LogP contribution in [0, 0.1) is 0 Å². The molecule has 0 N–H and O–H groups in total. The summed E-state index contributed by atoms with van der Waals surface area (Å²) in [7, 11) is 3.98. The normalized spacial score (nSPS) is 15.4. The van der Waals surface area contributed by atoms with Gasteiger partial charge in [0.1, 0.15) is 12.6 Å².